The van der Waals surface area contributed by atoms with Gasteiger partial charge < -0.3 is 5.32 Å². The van der Waals surface area contributed by atoms with E-state index < -0.39 is 11.7 Å². The molecule has 1 N–H and O–H groups in total. The minimum Gasteiger partial charge on any atom is -0.349 e. The number of rotatable bonds is 3. The van der Waals surface area contributed by atoms with Gasteiger partial charge in [0.25, 0.3) is 5.91 Å². The first-order valence-corrected chi connectivity index (χ1v) is 5.21. The minimum atomic E-state index is -0.495. The SMILES string of the molecule is CC(C)NC(=O)/C(C#N)=C\c1ccccc1F. The van der Waals surface area contributed by atoms with Crippen molar-refractivity contribution in [2.24, 2.45) is 0 Å². The van der Waals surface area contributed by atoms with Crippen molar-refractivity contribution in [1.82, 2.24) is 5.32 Å². The van der Waals surface area contributed by atoms with E-state index >= 15 is 0 Å². The molecule has 0 aromatic heterocycles. The van der Waals surface area contributed by atoms with E-state index in [1.807, 2.05) is 0 Å². The van der Waals surface area contributed by atoms with Crippen LogP contribution in [0.3, 0.4) is 0 Å². The van der Waals surface area contributed by atoms with Crippen LogP contribution in [0.2, 0.25) is 0 Å². The Kier molecular flexibility index (Phi) is 4.41. The normalized spacial score (nSPS) is 11.1. The number of amides is 1. The number of nitriles is 1. The summed E-state index contributed by atoms with van der Waals surface area (Å²) in [5.41, 5.74) is 0.117. The van der Waals surface area contributed by atoms with E-state index in [1.54, 1.807) is 32.0 Å². The van der Waals surface area contributed by atoms with Crippen molar-refractivity contribution in [3.05, 3.63) is 41.2 Å². The topological polar surface area (TPSA) is 52.9 Å². The molecule has 0 spiro atoms. The first-order chi connectivity index (χ1) is 8.04. The lowest BCUT2D eigenvalue weighted by Gasteiger charge is -2.07. The van der Waals surface area contributed by atoms with E-state index in [2.05, 4.69) is 5.32 Å². The zero-order valence-corrected chi connectivity index (χ0v) is 9.70. The molecule has 1 aromatic carbocycles. The van der Waals surface area contributed by atoms with Gasteiger partial charge in [-0.25, -0.2) is 4.39 Å². The van der Waals surface area contributed by atoms with Gasteiger partial charge in [-0.3, -0.25) is 4.79 Å². The number of nitrogens with one attached hydrogen (secondary N) is 1. The Balaban J connectivity index is 3.00. The maximum atomic E-state index is 13.3. The lowest BCUT2D eigenvalue weighted by Crippen LogP contribution is -2.30. The second-order valence-electron chi connectivity index (χ2n) is 3.82. The number of carbonyl (C=O) groups is 1. The van der Waals surface area contributed by atoms with Crippen LogP contribution in [0, 0.1) is 17.1 Å². The molecule has 1 aromatic rings. The highest BCUT2D eigenvalue weighted by Crippen LogP contribution is 2.11. The zero-order valence-electron chi connectivity index (χ0n) is 9.70. The van der Waals surface area contributed by atoms with Crippen molar-refractivity contribution in [3.8, 4) is 6.07 Å². The number of carbonyl (C=O) groups excluding carboxylic acids is 1. The fourth-order valence-electron chi connectivity index (χ4n) is 1.24. The van der Waals surface area contributed by atoms with Crippen molar-refractivity contribution in [1.29, 1.82) is 5.26 Å². The molecular weight excluding hydrogens is 219 g/mol. The lowest BCUT2D eigenvalue weighted by molar-refractivity contribution is -0.117. The Hall–Kier alpha value is -2.15. The van der Waals surface area contributed by atoms with Crippen LogP contribution < -0.4 is 5.32 Å². The summed E-state index contributed by atoms with van der Waals surface area (Å²) in [5.74, 6) is -0.955. The summed E-state index contributed by atoms with van der Waals surface area (Å²) in [6.07, 6.45) is 1.24. The van der Waals surface area contributed by atoms with Gasteiger partial charge in [0.2, 0.25) is 0 Å². The molecule has 1 rings (SSSR count). The number of benzene rings is 1. The Morgan fingerprint density at radius 3 is 2.65 bits per heavy atom. The molecule has 17 heavy (non-hydrogen) atoms. The van der Waals surface area contributed by atoms with Crippen LogP contribution in [0.1, 0.15) is 19.4 Å². The molecule has 0 fully saturated rings. The van der Waals surface area contributed by atoms with Gasteiger partial charge in [-0.05, 0) is 26.0 Å². The maximum absolute atomic E-state index is 13.3. The number of hydrogen-bond acceptors (Lipinski definition) is 2. The van der Waals surface area contributed by atoms with E-state index in [0.29, 0.717) is 0 Å². The monoisotopic (exact) mass is 232 g/mol. The van der Waals surface area contributed by atoms with E-state index in [4.69, 9.17) is 5.26 Å². The van der Waals surface area contributed by atoms with Gasteiger partial charge in [0, 0.05) is 11.6 Å². The van der Waals surface area contributed by atoms with Gasteiger partial charge >= 0.3 is 0 Å². The summed E-state index contributed by atoms with van der Waals surface area (Å²) in [6, 6.07) is 7.68. The fourth-order valence-corrected chi connectivity index (χ4v) is 1.24. The molecule has 0 saturated carbocycles. The van der Waals surface area contributed by atoms with Crippen LogP contribution in [-0.4, -0.2) is 11.9 Å². The summed E-state index contributed by atoms with van der Waals surface area (Å²) in [6.45, 7) is 3.58. The summed E-state index contributed by atoms with van der Waals surface area (Å²) < 4.78 is 13.3. The fraction of sp³-hybridized carbons (Fsp3) is 0.231. The molecule has 0 aliphatic rings. The first kappa shape index (κ1) is 12.9. The smallest absolute Gasteiger partial charge is 0.262 e. The molecule has 0 aliphatic heterocycles. The lowest BCUT2D eigenvalue weighted by atomic mass is 10.1. The number of nitrogens with zero attached hydrogens (tertiary/aromatic N) is 1. The van der Waals surface area contributed by atoms with Gasteiger partial charge in [0.15, 0.2) is 0 Å². The average Bonchev–Trinajstić information content (AvgIpc) is 2.27. The Morgan fingerprint density at radius 1 is 1.47 bits per heavy atom. The molecule has 0 aliphatic carbocycles. The van der Waals surface area contributed by atoms with Gasteiger partial charge in [-0.15, -0.1) is 0 Å². The molecule has 88 valence electrons. The minimum absolute atomic E-state index is 0.0696. The van der Waals surface area contributed by atoms with Gasteiger partial charge in [-0.1, -0.05) is 18.2 Å². The largest absolute Gasteiger partial charge is 0.349 e. The third-order valence-corrected chi connectivity index (χ3v) is 1.99. The van der Waals surface area contributed by atoms with Gasteiger partial charge in [0.05, 0.1) is 0 Å². The van der Waals surface area contributed by atoms with Crippen molar-refractivity contribution < 1.29 is 9.18 Å². The second kappa shape index (κ2) is 5.80. The predicted molar refractivity (Wildman–Crippen MR) is 63.3 cm³/mol. The third kappa shape index (κ3) is 3.72. The summed E-state index contributed by atoms with van der Waals surface area (Å²) in [7, 11) is 0. The second-order valence-corrected chi connectivity index (χ2v) is 3.82. The molecule has 3 nitrogen and oxygen atoms in total. The van der Waals surface area contributed by atoms with Crippen molar-refractivity contribution >= 4 is 12.0 Å². The summed E-state index contributed by atoms with van der Waals surface area (Å²) in [4.78, 5) is 11.6. The Bertz CT molecular complexity index is 486. The molecule has 0 atom stereocenters. The third-order valence-electron chi connectivity index (χ3n) is 1.99. The highest BCUT2D eigenvalue weighted by atomic mass is 19.1. The molecular formula is C13H13FN2O. The molecule has 0 saturated heterocycles. The van der Waals surface area contributed by atoms with Crippen molar-refractivity contribution in [3.63, 3.8) is 0 Å². The van der Waals surface area contributed by atoms with E-state index in [-0.39, 0.29) is 17.2 Å². The zero-order chi connectivity index (χ0) is 12.8. The van der Waals surface area contributed by atoms with E-state index in [1.165, 1.54) is 18.2 Å². The van der Waals surface area contributed by atoms with Gasteiger partial charge in [0.1, 0.15) is 17.5 Å². The van der Waals surface area contributed by atoms with Crippen LogP contribution >= 0.6 is 0 Å². The first-order valence-electron chi connectivity index (χ1n) is 5.21. The molecule has 0 radical (unpaired) electrons. The number of hydrogen-bond donors (Lipinski definition) is 1. The number of halogens is 1. The van der Waals surface area contributed by atoms with Crippen molar-refractivity contribution in [2.75, 3.05) is 0 Å². The van der Waals surface area contributed by atoms with Gasteiger partial charge in [-0.2, -0.15) is 5.26 Å². The van der Waals surface area contributed by atoms with Crippen LogP contribution in [0.25, 0.3) is 6.08 Å². The van der Waals surface area contributed by atoms with Crippen LogP contribution in [0.15, 0.2) is 29.8 Å². The quantitative estimate of drug-likeness (QED) is 0.642. The predicted octanol–water partition coefficient (Wildman–Crippen LogP) is 2.26. The Morgan fingerprint density at radius 2 is 2.12 bits per heavy atom. The van der Waals surface area contributed by atoms with Crippen LogP contribution in [-0.2, 0) is 4.79 Å². The average molecular weight is 232 g/mol. The maximum Gasteiger partial charge on any atom is 0.262 e. The molecule has 0 heterocycles. The highest BCUT2D eigenvalue weighted by Gasteiger charge is 2.10. The Labute approximate surface area is 99.6 Å². The van der Waals surface area contributed by atoms with E-state index in [0.717, 1.165) is 0 Å². The summed E-state index contributed by atoms with van der Waals surface area (Å²) in [5, 5.41) is 11.4. The van der Waals surface area contributed by atoms with Crippen molar-refractivity contribution in [2.45, 2.75) is 19.9 Å². The molecule has 4 heteroatoms. The molecule has 0 bridgehead atoms. The highest BCUT2D eigenvalue weighted by molar-refractivity contribution is 6.01. The summed E-state index contributed by atoms with van der Waals surface area (Å²) >= 11 is 0. The standard InChI is InChI=1S/C13H13FN2O/c1-9(2)16-13(17)11(8-15)7-10-5-3-4-6-12(10)14/h3-7,9H,1-2H3,(H,16,17)/b11-7-. The van der Waals surface area contributed by atoms with Crippen LogP contribution in [0.5, 0.6) is 0 Å². The molecule has 0 unspecified atom stereocenters. The molecule has 1 amide bonds. The van der Waals surface area contributed by atoms with Crippen LogP contribution in [0.4, 0.5) is 4.39 Å². The van der Waals surface area contributed by atoms with E-state index in [9.17, 15) is 9.18 Å².